The molecule has 19 heavy (non-hydrogen) atoms. The molecule has 1 amide bonds. The lowest BCUT2D eigenvalue weighted by Gasteiger charge is -2.22. The van der Waals surface area contributed by atoms with E-state index in [0.29, 0.717) is 6.54 Å². The monoisotopic (exact) mass is 259 g/mol. The van der Waals surface area contributed by atoms with Gasteiger partial charge in [-0.2, -0.15) is 0 Å². The maximum atomic E-state index is 12.4. The number of Topliss-reactive ketones (excluding diaryl/α,β-unsaturated/α-hetero) is 1. The number of amides is 1. The molecular formula is C16H21NO2. The highest BCUT2D eigenvalue weighted by Crippen LogP contribution is 2.21. The van der Waals surface area contributed by atoms with Gasteiger partial charge in [0.25, 0.3) is 0 Å². The molecule has 1 aromatic carbocycles. The molecule has 0 saturated carbocycles. The second-order valence-corrected chi connectivity index (χ2v) is 5.18. The number of aryl methyl sites for hydroxylation is 1. The smallest absolute Gasteiger partial charge is 0.220 e. The second-order valence-electron chi connectivity index (χ2n) is 5.18. The number of likely N-dealkylation sites (tertiary alicyclic amines) is 1. The van der Waals surface area contributed by atoms with Crippen molar-refractivity contribution in [1.82, 2.24) is 4.90 Å². The van der Waals surface area contributed by atoms with Crippen LogP contribution >= 0.6 is 0 Å². The lowest BCUT2D eigenvalue weighted by atomic mass is 10.00. The quantitative estimate of drug-likeness (QED) is 0.780. The molecule has 1 atom stereocenters. The Balaban J connectivity index is 2.12. The highest BCUT2D eigenvalue weighted by Gasteiger charge is 2.32. The predicted molar refractivity (Wildman–Crippen MR) is 75.2 cm³/mol. The Kier molecular flexibility index (Phi) is 4.35. The molecule has 2 rings (SSSR count). The van der Waals surface area contributed by atoms with E-state index < -0.39 is 0 Å². The number of rotatable bonds is 4. The zero-order valence-electron chi connectivity index (χ0n) is 11.7. The van der Waals surface area contributed by atoms with Crippen molar-refractivity contribution in [1.29, 1.82) is 0 Å². The number of hydrogen-bond acceptors (Lipinski definition) is 2. The van der Waals surface area contributed by atoms with Crippen LogP contribution in [0.5, 0.6) is 0 Å². The zero-order valence-corrected chi connectivity index (χ0v) is 11.7. The van der Waals surface area contributed by atoms with Crippen LogP contribution in [0, 0.1) is 0 Å². The van der Waals surface area contributed by atoms with Crippen LogP contribution in [-0.4, -0.2) is 29.2 Å². The van der Waals surface area contributed by atoms with Crippen LogP contribution in [0.2, 0.25) is 0 Å². The Labute approximate surface area is 114 Å². The van der Waals surface area contributed by atoms with Crippen molar-refractivity contribution >= 4 is 11.7 Å². The molecule has 0 spiro atoms. The Morgan fingerprint density at radius 3 is 2.53 bits per heavy atom. The van der Waals surface area contributed by atoms with Crippen LogP contribution in [0.15, 0.2) is 24.3 Å². The van der Waals surface area contributed by atoms with Gasteiger partial charge in [-0.05, 0) is 24.8 Å². The normalized spacial score (nSPS) is 18.6. The summed E-state index contributed by atoms with van der Waals surface area (Å²) in [5.74, 6) is 0.0780. The summed E-state index contributed by atoms with van der Waals surface area (Å²) in [5.41, 5.74) is 1.98. The molecule has 3 heteroatoms. The number of benzene rings is 1. The van der Waals surface area contributed by atoms with Crippen LogP contribution in [-0.2, 0) is 11.2 Å². The largest absolute Gasteiger partial charge is 0.333 e. The first-order chi connectivity index (χ1) is 9.13. The molecule has 1 unspecified atom stereocenters. The van der Waals surface area contributed by atoms with Gasteiger partial charge in [0, 0.05) is 19.0 Å². The molecule has 0 aliphatic carbocycles. The fraction of sp³-hybridized carbons (Fsp3) is 0.500. The van der Waals surface area contributed by atoms with Gasteiger partial charge in [-0.15, -0.1) is 0 Å². The van der Waals surface area contributed by atoms with E-state index in [1.54, 1.807) is 4.90 Å². The van der Waals surface area contributed by atoms with Crippen LogP contribution < -0.4 is 0 Å². The molecule has 0 aromatic heterocycles. The third-order valence-electron chi connectivity index (χ3n) is 3.74. The highest BCUT2D eigenvalue weighted by molar-refractivity contribution is 6.02. The van der Waals surface area contributed by atoms with E-state index in [0.717, 1.165) is 31.2 Å². The molecular weight excluding hydrogens is 238 g/mol. The molecule has 0 radical (unpaired) electrons. The van der Waals surface area contributed by atoms with Crippen molar-refractivity contribution in [2.45, 2.75) is 45.6 Å². The van der Waals surface area contributed by atoms with Gasteiger partial charge in [0.15, 0.2) is 5.78 Å². The molecule has 102 valence electrons. The minimum absolute atomic E-state index is 0.00143. The van der Waals surface area contributed by atoms with Crippen molar-refractivity contribution in [2.24, 2.45) is 0 Å². The van der Waals surface area contributed by atoms with Crippen molar-refractivity contribution < 1.29 is 9.59 Å². The fourth-order valence-corrected chi connectivity index (χ4v) is 2.73. The van der Waals surface area contributed by atoms with E-state index in [2.05, 4.69) is 6.92 Å². The van der Waals surface area contributed by atoms with Crippen LogP contribution in [0.3, 0.4) is 0 Å². The number of carbonyl (C=O) groups excluding carboxylic acids is 2. The Hall–Kier alpha value is -1.64. The third-order valence-corrected chi connectivity index (χ3v) is 3.74. The van der Waals surface area contributed by atoms with E-state index in [1.165, 1.54) is 12.5 Å². The molecule has 1 aromatic rings. The van der Waals surface area contributed by atoms with E-state index in [1.807, 2.05) is 24.3 Å². The van der Waals surface area contributed by atoms with E-state index in [-0.39, 0.29) is 17.7 Å². The van der Waals surface area contributed by atoms with Gasteiger partial charge in [0.05, 0.1) is 6.04 Å². The summed E-state index contributed by atoms with van der Waals surface area (Å²) in [6.45, 7) is 4.39. The first-order valence-electron chi connectivity index (χ1n) is 7.04. The topological polar surface area (TPSA) is 37.4 Å². The summed E-state index contributed by atoms with van der Waals surface area (Å²) in [4.78, 5) is 25.6. The summed E-state index contributed by atoms with van der Waals surface area (Å²) < 4.78 is 0. The fourth-order valence-electron chi connectivity index (χ4n) is 2.73. The summed E-state index contributed by atoms with van der Waals surface area (Å²) in [7, 11) is 0. The van der Waals surface area contributed by atoms with E-state index >= 15 is 0 Å². The van der Waals surface area contributed by atoms with E-state index in [9.17, 15) is 9.59 Å². The van der Waals surface area contributed by atoms with Gasteiger partial charge >= 0.3 is 0 Å². The lowest BCUT2D eigenvalue weighted by molar-refractivity contribution is -0.128. The lowest BCUT2D eigenvalue weighted by Crippen LogP contribution is -2.39. The molecule has 3 nitrogen and oxygen atoms in total. The SMILES string of the molecule is CCCc1ccc(C(=O)C2CCCN2C(C)=O)cc1. The van der Waals surface area contributed by atoms with Crippen LogP contribution in [0.25, 0.3) is 0 Å². The summed E-state index contributed by atoms with van der Waals surface area (Å²) in [5, 5.41) is 0. The number of ketones is 1. The van der Waals surface area contributed by atoms with Crippen molar-refractivity contribution in [3.05, 3.63) is 35.4 Å². The number of nitrogens with zero attached hydrogens (tertiary/aromatic N) is 1. The van der Waals surface area contributed by atoms with Gasteiger partial charge in [-0.1, -0.05) is 37.6 Å². The van der Waals surface area contributed by atoms with Gasteiger partial charge in [-0.25, -0.2) is 0 Å². The molecule has 1 heterocycles. The predicted octanol–water partition coefficient (Wildman–Crippen LogP) is 2.83. The van der Waals surface area contributed by atoms with E-state index in [4.69, 9.17) is 0 Å². The standard InChI is InChI=1S/C16H21NO2/c1-3-5-13-7-9-14(10-8-13)16(19)15-6-4-11-17(15)12(2)18/h7-10,15H,3-6,11H2,1-2H3. The van der Waals surface area contributed by atoms with Gasteiger partial charge in [-0.3, -0.25) is 9.59 Å². The van der Waals surface area contributed by atoms with Gasteiger partial charge in [0.1, 0.15) is 0 Å². The minimum Gasteiger partial charge on any atom is -0.333 e. The number of carbonyl (C=O) groups is 2. The summed E-state index contributed by atoms with van der Waals surface area (Å²) >= 11 is 0. The Bertz CT molecular complexity index is 464. The average molecular weight is 259 g/mol. The third kappa shape index (κ3) is 3.03. The van der Waals surface area contributed by atoms with Crippen molar-refractivity contribution in [3.63, 3.8) is 0 Å². The molecule has 1 saturated heterocycles. The molecule has 1 aliphatic rings. The maximum Gasteiger partial charge on any atom is 0.220 e. The van der Waals surface area contributed by atoms with Crippen molar-refractivity contribution in [3.8, 4) is 0 Å². The summed E-state index contributed by atoms with van der Waals surface area (Å²) in [6.07, 6.45) is 3.85. The second kappa shape index (κ2) is 6.00. The summed E-state index contributed by atoms with van der Waals surface area (Å²) in [6, 6.07) is 7.57. The first kappa shape index (κ1) is 13.8. The average Bonchev–Trinajstić information content (AvgIpc) is 2.88. The Morgan fingerprint density at radius 2 is 1.95 bits per heavy atom. The van der Waals surface area contributed by atoms with Crippen molar-refractivity contribution in [2.75, 3.05) is 6.54 Å². The molecule has 1 fully saturated rings. The molecule has 0 N–H and O–H groups in total. The van der Waals surface area contributed by atoms with Gasteiger partial charge in [0.2, 0.25) is 5.91 Å². The maximum absolute atomic E-state index is 12.4. The minimum atomic E-state index is -0.255. The molecule has 0 bridgehead atoms. The Morgan fingerprint density at radius 1 is 1.26 bits per heavy atom. The zero-order chi connectivity index (χ0) is 13.8. The van der Waals surface area contributed by atoms with Gasteiger partial charge < -0.3 is 4.90 Å². The van der Waals surface area contributed by atoms with Crippen LogP contribution in [0.4, 0.5) is 0 Å². The molecule has 1 aliphatic heterocycles. The first-order valence-corrected chi connectivity index (χ1v) is 7.04. The van der Waals surface area contributed by atoms with Crippen LogP contribution in [0.1, 0.15) is 49.0 Å². The number of hydrogen-bond donors (Lipinski definition) is 0. The highest BCUT2D eigenvalue weighted by atomic mass is 16.2.